The predicted molar refractivity (Wildman–Crippen MR) is 87.6 cm³/mol. The smallest absolute Gasteiger partial charge is 0.466 e. The highest BCUT2D eigenvalue weighted by Gasteiger charge is 2.33. The molecule has 0 saturated carbocycles. The minimum Gasteiger partial charge on any atom is -0.466 e. The summed E-state index contributed by atoms with van der Waals surface area (Å²) in [7, 11) is -2.74. The van der Waals surface area contributed by atoms with Crippen molar-refractivity contribution in [3.05, 3.63) is 23.8 Å². The number of sulfonamides is 1. The van der Waals surface area contributed by atoms with Gasteiger partial charge in [0.15, 0.2) is 0 Å². The second kappa shape index (κ2) is 8.44. The Balaban J connectivity index is 2.29. The fourth-order valence-corrected chi connectivity index (χ4v) is 3.62. The van der Waals surface area contributed by atoms with Gasteiger partial charge in [-0.3, -0.25) is 4.79 Å². The van der Waals surface area contributed by atoms with Crippen LogP contribution in [-0.2, 0) is 30.7 Å². The molecule has 1 heterocycles. The molecule has 0 aromatic heterocycles. The molecule has 11 heteroatoms. The number of hydrogen-bond acceptors (Lipinski definition) is 6. The standard InChI is InChI=1S/C16H20F3NO6S/c1-3-24-15(21)5-4-11-6-12(26-16(17,18)19)8-14(7-11)27(22,23)20(2)9-13-10-25-13/h6-8,13H,3-5,9-10H2,1-2H3/t13-/m0/s1. The summed E-state index contributed by atoms with van der Waals surface area (Å²) < 4.78 is 77.7. The number of likely N-dealkylation sites (N-methyl/N-ethyl adjacent to an activating group) is 1. The Morgan fingerprint density at radius 3 is 2.56 bits per heavy atom. The van der Waals surface area contributed by atoms with Crippen molar-refractivity contribution in [3.8, 4) is 5.75 Å². The molecule has 1 atom stereocenters. The third-order valence-electron chi connectivity index (χ3n) is 3.67. The molecule has 0 amide bonds. The number of benzene rings is 1. The Hall–Kier alpha value is -1.85. The van der Waals surface area contributed by atoms with E-state index in [1.54, 1.807) is 6.92 Å². The highest BCUT2D eigenvalue weighted by atomic mass is 32.2. The van der Waals surface area contributed by atoms with Gasteiger partial charge in [-0.1, -0.05) is 0 Å². The Kier molecular flexibility index (Phi) is 6.71. The maximum absolute atomic E-state index is 12.6. The summed E-state index contributed by atoms with van der Waals surface area (Å²) in [6.45, 7) is 2.32. The van der Waals surface area contributed by atoms with Gasteiger partial charge in [0.2, 0.25) is 10.0 Å². The molecule has 1 saturated heterocycles. The number of carbonyl (C=O) groups is 1. The Labute approximate surface area is 155 Å². The minimum atomic E-state index is -4.98. The molecule has 7 nitrogen and oxygen atoms in total. The summed E-state index contributed by atoms with van der Waals surface area (Å²) in [5, 5.41) is 0. The van der Waals surface area contributed by atoms with Crippen LogP contribution >= 0.6 is 0 Å². The fraction of sp³-hybridized carbons (Fsp3) is 0.562. The van der Waals surface area contributed by atoms with E-state index in [2.05, 4.69) is 4.74 Å². The van der Waals surface area contributed by atoms with Crippen molar-refractivity contribution < 1.29 is 40.6 Å². The van der Waals surface area contributed by atoms with Crippen molar-refractivity contribution in [2.45, 2.75) is 37.1 Å². The number of alkyl halides is 3. The van der Waals surface area contributed by atoms with Crippen LogP contribution in [0.4, 0.5) is 13.2 Å². The lowest BCUT2D eigenvalue weighted by Crippen LogP contribution is -2.30. The SMILES string of the molecule is CCOC(=O)CCc1cc(OC(F)(F)F)cc(S(=O)(=O)N(C)C[C@H]2CO2)c1. The van der Waals surface area contributed by atoms with E-state index < -0.39 is 28.1 Å². The van der Waals surface area contributed by atoms with Crippen LogP contribution in [-0.4, -0.2) is 58.0 Å². The number of rotatable bonds is 9. The molecule has 1 aromatic carbocycles. The van der Waals surface area contributed by atoms with Crippen LogP contribution in [0.1, 0.15) is 18.9 Å². The maximum atomic E-state index is 12.6. The van der Waals surface area contributed by atoms with Crippen LogP contribution in [0.3, 0.4) is 0 Å². The number of aryl methyl sites for hydroxylation is 1. The lowest BCUT2D eigenvalue weighted by Gasteiger charge is -2.18. The van der Waals surface area contributed by atoms with Crippen LogP contribution in [0.2, 0.25) is 0 Å². The first-order valence-electron chi connectivity index (χ1n) is 8.14. The molecule has 1 aliphatic heterocycles. The van der Waals surface area contributed by atoms with Gasteiger partial charge >= 0.3 is 12.3 Å². The lowest BCUT2D eigenvalue weighted by atomic mass is 10.1. The minimum absolute atomic E-state index is 0.00581. The van der Waals surface area contributed by atoms with Gasteiger partial charge in [-0.2, -0.15) is 4.31 Å². The molecular weight excluding hydrogens is 391 g/mol. The van der Waals surface area contributed by atoms with Crippen LogP contribution in [0.15, 0.2) is 23.1 Å². The molecule has 152 valence electrons. The second-order valence-corrected chi connectivity index (χ2v) is 7.95. The summed E-state index contributed by atoms with van der Waals surface area (Å²) in [6.07, 6.45) is -5.29. The Morgan fingerprint density at radius 2 is 2.00 bits per heavy atom. The molecule has 1 fully saturated rings. The number of hydrogen-bond donors (Lipinski definition) is 0. The zero-order valence-electron chi connectivity index (χ0n) is 14.8. The van der Waals surface area contributed by atoms with Crippen LogP contribution < -0.4 is 4.74 Å². The number of epoxide rings is 1. The summed E-state index contributed by atoms with van der Waals surface area (Å²) in [5.74, 6) is -1.20. The van der Waals surface area contributed by atoms with Crippen LogP contribution in [0.25, 0.3) is 0 Å². The fourth-order valence-electron chi connectivity index (χ4n) is 2.33. The van der Waals surface area contributed by atoms with Crippen molar-refractivity contribution in [2.24, 2.45) is 0 Å². The number of nitrogens with zero attached hydrogens (tertiary/aromatic N) is 1. The number of carbonyl (C=O) groups excluding carboxylic acids is 1. The maximum Gasteiger partial charge on any atom is 0.573 e. The van der Waals surface area contributed by atoms with E-state index in [9.17, 15) is 26.4 Å². The van der Waals surface area contributed by atoms with Gasteiger partial charge in [-0.15, -0.1) is 13.2 Å². The molecule has 27 heavy (non-hydrogen) atoms. The molecule has 0 bridgehead atoms. The molecule has 1 aromatic rings. The average molecular weight is 411 g/mol. The van der Waals surface area contributed by atoms with Gasteiger partial charge in [0.1, 0.15) is 5.75 Å². The zero-order chi connectivity index (χ0) is 20.2. The first kappa shape index (κ1) is 21.5. The van der Waals surface area contributed by atoms with Crippen LogP contribution in [0, 0.1) is 0 Å². The topological polar surface area (TPSA) is 85.4 Å². The molecule has 0 radical (unpaired) electrons. The molecule has 2 rings (SSSR count). The van der Waals surface area contributed by atoms with Crippen molar-refractivity contribution in [1.82, 2.24) is 4.31 Å². The molecular formula is C16H20F3NO6S. The first-order chi connectivity index (χ1) is 12.5. The normalized spacial score (nSPS) is 17.0. The van der Waals surface area contributed by atoms with Gasteiger partial charge in [0.25, 0.3) is 0 Å². The number of halogens is 3. The second-order valence-electron chi connectivity index (χ2n) is 5.91. The molecule has 0 N–H and O–H groups in total. The average Bonchev–Trinajstić information content (AvgIpc) is 3.35. The molecule has 0 unspecified atom stereocenters. The zero-order valence-corrected chi connectivity index (χ0v) is 15.6. The number of esters is 1. The van der Waals surface area contributed by atoms with E-state index in [4.69, 9.17) is 9.47 Å². The number of ether oxygens (including phenoxy) is 3. The lowest BCUT2D eigenvalue weighted by molar-refractivity contribution is -0.274. The Bertz CT molecular complexity index is 777. The van der Waals surface area contributed by atoms with Gasteiger partial charge in [0, 0.05) is 26.1 Å². The molecule has 0 spiro atoms. The van der Waals surface area contributed by atoms with E-state index in [1.807, 2.05) is 0 Å². The predicted octanol–water partition coefficient (Wildman–Crippen LogP) is 2.10. The molecule has 1 aliphatic rings. The van der Waals surface area contributed by atoms with Crippen LogP contribution in [0.5, 0.6) is 5.75 Å². The highest BCUT2D eigenvalue weighted by Crippen LogP contribution is 2.29. The summed E-state index contributed by atoms with van der Waals surface area (Å²) >= 11 is 0. The van der Waals surface area contributed by atoms with Gasteiger partial charge in [0.05, 0.1) is 24.2 Å². The van der Waals surface area contributed by atoms with E-state index in [0.29, 0.717) is 6.61 Å². The van der Waals surface area contributed by atoms with Crippen molar-refractivity contribution in [1.29, 1.82) is 0 Å². The summed E-state index contributed by atoms with van der Waals surface area (Å²) in [5.41, 5.74) is 0.208. The monoisotopic (exact) mass is 411 g/mol. The van der Waals surface area contributed by atoms with E-state index in [0.717, 1.165) is 16.4 Å². The van der Waals surface area contributed by atoms with Gasteiger partial charge < -0.3 is 14.2 Å². The van der Waals surface area contributed by atoms with Gasteiger partial charge in [-0.25, -0.2) is 8.42 Å². The third-order valence-corrected chi connectivity index (χ3v) is 5.47. The third kappa shape index (κ3) is 6.67. The van der Waals surface area contributed by atoms with E-state index in [-0.39, 0.29) is 42.6 Å². The Morgan fingerprint density at radius 1 is 1.33 bits per heavy atom. The van der Waals surface area contributed by atoms with Crippen molar-refractivity contribution in [3.63, 3.8) is 0 Å². The quantitative estimate of drug-likeness (QED) is 0.457. The van der Waals surface area contributed by atoms with E-state index >= 15 is 0 Å². The largest absolute Gasteiger partial charge is 0.573 e. The summed E-state index contributed by atoms with van der Waals surface area (Å²) in [6, 6.07) is 3.08. The molecule has 0 aliphatic carbocycles. The highest BCUT2D eigenvalue weighted by molar-refractivity contribution is 7.89. The van der Waals surface area contributed by atoms with Gasteiger partial charge in [-0.05, 0) is 31.0 Å². The first-order valence-corrected chi connectivity index (χ1v) is 9.58. The van der Waals surface area contributed by atoms with Crippen molar-refractivity contribution in [2.75, 3.05) is 26.8 Å². The van der Waals surface area contributed by atoms with E-state index in [1.165, 1.54) is 13.1 Å². The summed E-state index contributed by atoms with van der Waals surface area (Å²) in [4.78, 5) is 11.1. The van der Waals surface area contributed by atoms with Crippen molar-refractivity contribution >= 4 is 16.0 Å².